The van der Waals surface area contributed by atoms with Crippen molar-refractivity contribution < 1.29 is 9.53 Å². The van der Waals surface area contributed by atoms with Gasteiger partial charge in [-0.1, -0.05) is 35.9 Å². The summed E-state index contributed by atoms with van der Waals surface area (Å²) in [7, 11) is 0. The Balaban J connectivity index is 1.65. The lowest BCUT2D eigenvalue weighted by molar-refractivity contribution is -0.118. The Labute approximate surface area is 144 Å². The van der Waals surface area contributed by atoms with Gasteiger partial charge in [0.05, 0.1) is 5.69 Å². The van der Waals surface area contributed by atoms with E-state index in [2.05, 4.69) is 10.4 Å². The number of anilines is 1. The van der Waals surface area contributed by atoms with Crippen LogP contribution in [0, 0.1) is 6.92 Å². The fraction of sp³-hybridized carbons (Fsp3) is 0.111. The molecule has 1 aromatic heterocycles. The topological polar surface area (TPSA) is 56.1 Å². The number of ether oxygens (including phenoxy) is 1. The molecule has 0 saturated carbocycles. The van der Waals surface area contributed by atoms with Gasteiger partial charge in [-0.15, -0.1) is 5.10 Å². The molecule has 1 N–H and O–H groups in total. The van der Waals surface area contributed by atoms with Crippen molar-refractivity contribution in [3.8, 4) is 11.4 Å². The molecule has 0 atom stereocenters. The van der Waals surface area contributed by atoms with E-state index in [9.17, 15) is 4.79 Å². The van der Waals surface area contributed by atoms with Crippen LogP contribution < -0.4 is 10.1 Å². The molecule has 0 fully saturated rings. The molecule has 0 saturated heterocycles. The molecule has 0 spiro atoms. The van der Waals surface area contributed by atoms with Crippen LogP contribution in [0.4, 0.5) is 5.82 Å². The molecule has 0 aliphatic rings. The van der Waals surface area contributed by atoms with Crippen molar-refractivity contribution in [3.05, 3.63) is 71.4 Å². The SMILES string of the molecule is Cc1cc(NC(=O)COc2ccccc2)nn1-c1cccc(Cl)c1. The number of benzene rings is 2. The molecule has 1 heterocycles. The molecule has 0 radical (unpaired) electrons. The molecule has 24 heavy (non-hydrogen) atoms. The Hall–Kier alpha value is -2.79. The summed E-state index contributed by atoms with van der Waals surface area (Å²) in [5.41, 5.74) is 1.72. The Morgan fingerprint density at radius 2 is 1.96 bits per heavy atom. The second kappa shape index (κ2) is 7.19. The van der Waals surface area contributed by atoms with Gasteiger partial charge in [0.2, 0.25) is 0 Å². The molecule has 3 rings (SSSR count). The van der Waals surface area contributed by atoms with E-state index in [-0.39, 0.29) is 12.5 Å². The zero-order valence-corrected chi connectivity index (χ0v) is 13.8. The van der Waals surface area contributed by atoms with E-state index in [1.54, 1.807) is 28.9 Å². The molecular formula is C18H16ClN3O2. The maximum atomic E-state index is 12.0. The monoisotopic (exact) mass is 341 g/mol. The lowest BCUT2D eigenvalue weighted by Gasteiger charge is -2.06. The van der Waals surface area contributed by atoms with Gasteiger partial charge >= 0.3 is 0 Å². The normalized spacial score (nSPS) is 10.4. The first-order valence-electron chi connectivity index (χ1n) is 7.42. The molecule has 0 unspecified atom stereocenters. The van der Waals surface area contributed by atoms with Crippen LogP contribution >= 0.6 is 11.6 Å². The number of hydrogen-bond acceptors (Lipinski definition) is 3. The molecular weight excluding hydrogens is 326 g/mol. The number of rotatable bonds is 5. The van der Waals surface area contributed by atoms with Crippen LogP contribution in [0.1, 0.15) is 5.69 Å². The maximum absolute atomic E-state index is 12.0. The first kappa shape index (κ1) is 16.1. The molecule has 6 heteroatoms. The number of aromatic nitrogens is 2. The molecule has 0 aliphatic heterocycles. The zero-order valence-electron chi connectivity index (χ0n) is 13.1. The first-order chi connectivity index (χ1) is 11.6. The van der Waals surface area contributed by atoms with Gasteiger partial charge in [0.25, 0.3) is 5.91 Å². The van der Waals surface area contributed by atoms with E-state index in [1.165, 1.54) is 0 Å². The van der Waals surface area contributed by atoms with Gasteiger partial charge in [0.1, 0.15) is 5.75 Å². The number of aryl methyl sites for hydroxylation is 1. The van der Waals surface area contributed by atoms with E-state index in [1.807, 2.05) is 43.3 Å². The summed E-state index contributed by atoms with van der Waals surface area (Å²) in [6.45, 7) is 1.83. The summed E-state index contributed by atoms with van der Waals surface area (Å²) < 4.78 is 7.14. The van der Waals surface area contributed by atoms with E-state index in [0.717, 1.165) is 11.4 Å². The van der Waals surface area contributed by atoms with Crippen LogP contribution in [-0.4, -0.2) is 22.3 Å². The Morgan fingerprint density at radius 1 is 1.17 bits per heavy atom. The number of para-hydroxylation sites is 1. The van der Waals surface area contributed by atoms with Gasteiger partial charge < -0.3 is 10.1 Å². The molecule has 122 valence electrons. The van der Waals surface area contributed by atoms with E-state index >= 15 is 0 Å². The second-order valence-corrected chi connectivity index (χ2v) is 5.65. The van der Waals surface area contributed by atoms with Crippen molar-refractivity contribution in [3.63, 3.8) is 0 Å². The van der Waals surface area contributed by atoms with Crippen molar-refractivity contribution >= 4 is 23.3 Å². The van der Waals surface area contributed by atoms with Crippen LogP contribution in [-0.2, 0) is 4.79 Å². The van der Waals surface area contributed by atoms with Crippen LogP contribution in [0.15, 0.2) is 60.7 Å². The first-order valence-corrected chi connectivity index (χ1v) is 7.80. The minimum atomic E-state index is -0.269. The molecule has 2 aromatic carbocycles. The number of hydrogen-bond donors (Lipinski definition) is 1. The van der Waals surface area contributed by atoms with Gasteiger partial charge in [0, 0.05) is 16.8 Å². The van der Waals surface area contributed by atoms with Crippen LogP contribution in [0.3, 0.4) is 0 Å². The fourth-order valence-electron chi connectivity index (χ4n) is 2.25. The van der Waals surface area contributed by atoms with E-state index < -0.39 is 0 Å². The lowest BCUT2D eigenvalue weighted by Crippen LogP contribution is -2.20. The van der Waals surface area contributed by atoms with Crippen molar-refractivity contribution in [2.24, 2.45) is 0 Å². The highest BCUT2D eigenvalue weighted by molar-refractivity contribution is 6.30. The average Bonchev–Trinajstić information content (AvgIpc) is 2.94. The second-order valence-electron chi connectivity index (χ2n) is 5.21. The van der Waals surface area contributed by atoms with Gasteiger partial charge in [-0.25, -0.2) is 4.68 Å². The molecule has 0 bridgehead atoms. The molecule has 1 amide bonds. The van der Waals surface area contributed by atoms with Crippen molar-refractivity contribution in [1.82, 2.24) is 9.78 Å². The standard InChI is InChI=1S/C18H16ClN3O2/c1-13-10-17(21-22(13)15-7-5-6-14(19)11-15)20-18(23)12-24-16-8-3-2-4-9-16/h2-11H,12H2,1H3,(H,20,21,23). The largest absolute Gasteiger partial charge is 0.484 e. The average molecular weight is 342 g/mol. The van der Waals surface area contributed by atoms with Crippen LogP contribution in [0.25, 0.3) is 5.69 Å². The molecule has 0 aliphatic carbocycles. The van der Waals surface area contributed by atoms with Crippen molar-refractivity contribution in [2.45, 2.75) is 6.92 Å². The quantitative estimate of drug-likeness (QED) is 0.766. The summed E-state index contributed by atoms with van der Waals surface area (Å²) in [5.74, 6) is 0.844. The Kier molecular flexibility index (Phi) is 4.82. The van der Waals surface area contributed by atoms with Gasteiger partial charge in [-0.05, 0) is 37.3 Å². The molecule has 5 nitrogen and oxygen atoms in total. The Bertz CT molecular complexity index is 846. The zero-order chi connectivity index (χ0) is 16.9. The third kappa shape index (κ3) is 3.94. The van der Waals surface area contributed by atoms with Gasteiger partial charge in [0.15, 0.2) is 12.4 Å². The van der Waals surface area contributed by atoms with Crippen LogP contribution in [0.5, 0.6) is 5.75 Å². The number of halogens is 1. The fourth-order valence-corrected chi connectivity index (χ4v) is 2.43. The van der Waals surface area contributed by atoms with Gasteiger partial charge in [-0.2, -0.15) is 0 Å². The number of nitrogens with one attached hydrogen (secondary N) is 1. The number of amides is 1. The minimum absolute atomic E-state index is 0.0763. The summed E-state index contributed by atoms with van der Waals surface area (Å²) in [5, 5.41) is 7.74. The van der Waals surface area contributed by atoms with Crippen molar-refractivity contribution in [1.29, 1.82) is 0 Å². The highest BCUT2D eigenvalue weighted by atomic mass is 35.5. The Morgan fingerprint density at radius 3 is 2.71 bits per heavy atom. The number of carbonyl (C=O) groups is 1. The highest BCUT2D eigenvalue weighted by Crippen LogP contribution is 2.18. The maximum Gasteiger partial charge on any atom is 0.263 e. The summed E-state index contributed by atoms with van der Waals surface area (Å²) in [6, 6.07) is 18.3. The minimum Gasteiger partial charge on any atom is -0.484 e. The van der Waals surface area contributed by atoms with E-state index in [0.29, 0.717) is 16.6 Å². The highest BCUT2D eigenvalue weighted by Gasteiger charge is 2.10. The third-order valence-corrected chi connectivity index (χ3v) is 3.56. The third-order valence-electron chi connectivity index (χ3n) is 3.32. The number of nitrogens with zero attached hydrogens (tertiary/aromatic N) is 2. The predicted octanol–water partition coefficient (Wildman–Crippen LogP) is 3.85. The lowest BCUT2D eigenvalue weighted by atomic mass is 10.3. The summed E-state index contributed by atoms with van der Waals surface area (Å²) >= 11 is 6.01. The summed E-state index contributed by atoms with van der Waals surface area (Å²) in [4.78, 5) is 12.0. The van der Waals surface area contributed by atoms with Crippen molar-refractivity contribution in [2.75, 3.05) is 11.9 Å². The van der Waals surface area contributed by atoms with Gasteiger partial charge in [-0.3, -0.25) is 4.79 Å². The smallest absolute Gasteiger partial charge is 0.263 e. The predicted molar refractivity (Wildman–Crippen MR) is 93.9 cm³/mol. The molecule has 3 aromatic rings. The van der Waals surface area contributed by atoms with Crippen LogP contribution in [0.2, 0.25) is 5.02 Å². The number of carbonyl (C=O) groups excluding carboxylic acids is 1. The van der Waals surface area contributed by atoms with E-state index in [4.69, 9.17) is 16.3 Å². The summed E-state index contributed by atoms with van der Waals surface area (Å²) in [6.07, 6.45) is 0.